The Morgan fingerprint density at radius 1 is 0.690 bits per heavy atom. The van der Waals surface area contributed by atoms with Crippen molar-refractivity contribution in [1.82, 2.24) is 16.0 Å². The standard InChI is InChI=1S/C14H16INO5.C12H13IN2O4.CH4O/c1-3-20-13(18)11(14(19)21-4-2)16-12(17)9-5-7-10(15)8-6-9;1-14-11(17)9(12(18)19-2)15-10(16)7-3-5-8(13)6-4-7;1-2/h5-8,11H,3-4H2,1-2H3,(H,16,17);3-6,9H,1-2H3,(H,14,17)(H,15,16);2H,1H3. The number of nitrogens with one attached hydrogen (secondary N) is 3. The normalized spacial score (nSPS) is 10.3. The predicted octanol–water partition coefficient (Wildman–Crippen LogP) is 1.43. The first kappa shape index (κ1) is 38.7. The van der Waals surface area contributed by atoms with Gasteiger partial charge in [0.25, 0.3) is 17.7 Å². The molecule has 0 saturated heterocycles. The van der Waals surface area contributed by atoms with Gasteiger partial charge in [0.1, 0.15) is 0 Å². The van der Waals surface area contributed by atoms with Crippen LogP contribution in [0.15, 0.2) is 48.5 Å². The fraction of sp³-hybridized carbons (Fsp3) is 0.333. The average molecular weight is 813 g/mol. The number of carbonyl (C=O) groups excluding carboxylic acids is 6. The van der Waals surface area contributed by atoms with Crippen LogP contribution < -0.4 is 16.0 Å². The molecule has 13 nitrogen and oxygen atoms in total. The third-order valence-electron chi connectivity index (χ3n) is 4.75. The zero-order valence-electron chi connectivity index (χ0n) is 23.6. The molecule has 2 rings (SSSR count). The maximum Gasteiger partial charge on any atom is 0.340 e. The van der Waals surface area contributed by atoms with Gasteiger partial charge in [-0.3, -0.25) is 14.4 Å². The van der Waals surface area contributed by atoms with Crippen molar-refractivity contribution in [3.8, 4) is 0 Å². The van der Waals surface area contributed by atoms with Crippen LogP contribution in [0.5, 0.6) is 0 Å². The Hall–Kier alpha value is -3.32. The Kier molecular flexibility index (Phi) is 19.7. The average Bonchev–Trinajstić information content (AvgIpc) is 2.99. The van der Waals surface area contributed by atoms with Gasteiger partial charge in [0.15, 0.2) is 0 Å². The van der Waals surface area contributed by atoms with Gasteiger partial charge >= 0.3 is 17.9 Å². The molecule has 2 aromatic carbocycles. The van der Waals surface area contributed by atoms with E-state index < -0.39 is 47.7 Å². The van der Waals surface area contributed by atoms with E-state index in [-0.39, 0.29) is 13.2 Å². The van der Waals surface area contributed by atoms with E-state index in [1.54, 1.807) is 62.4 Å². The smallest absolute Gasteiger partial charge is 0.340 e. The molecule has 15 heteroatoms. The predicted molar refractivity (Wildman–Crippen MR) is 168 cm³/mol. The van der Waals surface area contributed by atoms with Crippen LogP contribution in [0.1, 0.15) is 34.6 Å². The van der Waals surface area contributed by atoms with E-state index in [0.29, 0.717) is 11.1 Å². The Labute approximate surface area is 270 Å². The molecule has 0 heterocycles. The maximum absolute atomic E-state index is 12.1. The summed E-state index contributed by atoms with van der Waals surface area (Å²) in [7, 11) is 3.52. The van der Waals surface area contributed by atoms with Crippen LogP contribution in [0.2, 0.25) is 0 Å². The first-order chi connectivity index (χ1) is 20.0. The van der Waals surface area contributed by atoms with E-state index in [0.717, 1.165) is 21.4 Å². The van der Waals surface area contributed by atoms with Crippen LogP contribution in [0, 0.1) is 7.14 Å². The highest BCUT2D eigenvalue weighted by Crippen LogP contribution is 2.08. The molecular formula is C27H33I2N3O10. The zero-order chi connectivity index (χ0) is 32.2. The third kappa shape index (κ3) is 13.6. The van der Waals surface area contributed by atoms with Gasteiger partial charge in [-0.2, -0.15) is 0 Å². The van der Waals surface area contributed by atoms with Crippen LogP contribution in [-0.4, -0.2) is 87.3 Å². The maximum atomic E-state index is 12.1. The van der Waals surface area contributed by atoms with E-state index in [1.165, 1.54) is 7.05 Å². The van der Waals surface area contributed by atoms with Crippen LogP contribution >= 0.6 is 45.2 Å². The minimum absolute atomic E-state index is 0.105. The van der Waals surface area contributed by atoms with Gasteiger partial charge < -0.3 is 35.3 Å². The Morgan fingerprint density at radius 3 is 1.36 bits per heavy atom. The SMILES string of the molecule is CCOC(=O)C(NC(=O)c1ccc(I)cc1)C(=O)OCC.CNC(=O)C(NC(=O)c1ccc(I)cc1)C(=O)OC.CO. The Morgan fingerprint density at radius 2 is 1.05 bits per heavy atom. The first-order valence-electron chi connectivity index (χ1n) is 12.2. The molecule has 0 aliphatic carbocycles. The number of aliphatic hydroxyl groups is 1. The summed E-state index contributed by atoms with van der Waals surface area (Å²) in [6.07, 6.45) is 0. The molecule has 1 atom stereocenters. The lowest BCUT2D eigenvalue weighted by atomic mass is 10.2. The molecule has 3 amide bonds. The fourth-order valence-electron chi connectivity index (χ4n) is 2.79. The number of aliphatic hydroxyl groups excluding tert-OH is 1. The second-order valence-electron chi connectivity index (χ2n) is 7.47. The second-order valence-corrected chi connectivity index (χ2v) is 9.96. The van der Waals surface area contributed by atoms with Crippen molar-refractivity contribution in [3.63, 3.8) is 0 Å². The largest absolute Gasteiger partial charge is 0.467 e. The van der Waals surface area contributed by atoms with Crippen molar-refractivity contribution in [2.75, 3.05) is 34.5 Å². The number of hydrogen-bond donors (Lipinski definition) is 4. The van der Waals surface area contributed by atoms with E-state index in [1.807, 2.05) is 0 Å². The molecule has 0 radical (unpaired) electrons. The van der Waals surface area contributed by atoms with Gasteiger partial charge in [0, 0.05) is 32.4 Å². The van der Waals surface area contributed by atoms with E-state index >= 15 is 0 Å². The van der Waals surface area contributed by atoms with Crippen LogP contribution in [0.3, 0.4) is 0 Å². The lowest BCUT2D eigenvalue weighted by Crippen LogP contribution is -2.51. The lowest BCUT2D eigenvalue weighted by Gasteiger charge is -2.15. The van der Waals surface area contributed by atoms with Crippen molar-refractivity contribution in [2.24, 2.45) is 0 Å². The van der Waals surface area contributed by atoms with Gasteiger partial charge in [0.05, 0.1) is 20.3 Å². The summed E-state index contributed by atoms with van der Waals surface area (Å²) >= 11 is 4.22. The van der Waals surface area contributed by atoms with E-state index in [9.17, 15) is 28.8 Å². The van der Waals surface area contributed by atoms with Crippen molar-refractivity contribution in [2.45, 2.75) is 25.9 Å². The van der Waals surface area contributed by atoms with E-state index in [2.05, 4.69) is 65.9 Å². The number of esters is 3. The van der Waals surface area contributed by atoms with Crippen molar-refractivity contribution < 1.29 is 48.1 Å². The van der Waals surface area contributed by atoms with Crippen molar-refractivity contribution >= 4 is 80.8 Å². The molecule has 0 fully saturated rings. The summed E-state index contributed by atoms with van der Waals surface area (Å²) in [5.41, 5.74) is 0.701. The number of ether oxygens (including phenoxy) is 3. The fourth-order valence-corrected chi connectivity index (χ4v) is 3.51. The molecule has 0 saturated carbocycles. The molecule has 0 aromatic heterocycles. The number of rotatable bonds is 10. The minimum atomic E-state index is -1.46. The summed E-state index contributed by atoms with van der Waals surface area (Å²) in [5.74, 6) is -4.19. The number of methoxy groups -OCH3 is 1. The summed E-state index contributed by atoms with van der Waals surface area (Å²) in [6.45, 7) is 3.43. The number of carbonyl (C=O) groups is 6. The molecule has 0 aliphatic heterocycles. The van der Waals surface area contributed by atoms with Crippen LogP contribution in [-0.2, 0) is 33.4 Å². The highest BCUT2D eigenvalue weighted by molar-refractivity contribution is 14.1. The molecular weight excluding hydrogens is 780 g/mol. The summed E-state index contributed by atoms with van der Waals surface area (Å²) < 4.78 is 16.0. The van der Waals surface area contributed by atoms with E-state index in [4.69, 9.17) is 14.6 Å². The highest BCUT2D eigenvalue weighted by Gasteiger charge is 2.31. The highest BCUT2D eigenvalue weighted by atomic mass is 127. The zero-order valence-corrected chi connectivity index (χ0v) is 27.9. The van der Waals surface area contributed by atoms with Crippen molar-refractivity contribution in [1.29, 1.82) is 0 Å². The van der Waals surface area contributed by atoms with Gasteiger partial charge in [-0.15, -0.1) is 0 Å². The number of hydrogen-bond acceptors (Lipinski definition) is 10. The molecule has 0 aliphatic rings. The monoisotopic (exact) mass is 813 g/mol. The number of likely N-dealkylation sites (N-methyl/N-ethyl adjacent to an activating group) is 1. The molecule has 230 valence electrons. The van der Waals surface area contributed by atoms with Crippen LogP contribution in [0.4, 0.5) is 0 Å². The third-order valence-corrected chi connectivity index (χ3v) is 6.19. The molecule has 2 aromatic rings. The Balaban J connectivity index is 0.000000759. The summed E-state index contributed by atoms with van der Waals surface area (Å²) in [5, 5.41) is 13.9. The molecule has 0 bridgehead atoms. The molecule has 42 heavy (non-hydrogen) atoms. The number of halogens is 2. The van der Waals surface area contributed by atoms with Gasteiger partial charge in [-0.25, -0.2) is 14.4 Å². The number of benzene rings is 2. The summed E-state index contributed by atoms with van der Waals surface area (Å²) in [4.78, 5) is 70.4. The topological polar surface area (TPSA) is 186 Å². The second kappa shape index (κ2) is 21.4. The first-order valence-corrected chi connectivity index (χ1v) is 14.3. The molecule has 1 unspecified atom stereocenters. The quantitative estimate of drug-likeness (QED) is 0.118. The van der Waals surface area contributed by atoms with Crippen LogP contribution in [0.25, 0.3) is 0 Å². The van der Waals surface area contributed by atoms with Gasteiger partial charge in [-0.05, 0) is 108 Å². The van der Waals surface area contributed by atoms with Gasteiger partial charge in [0.2, 0.25) is 12.1 Å². The Bertz CT molecular complexity index is 1160. The summed E-state index contributed by atoms with van der Waals surface area (Å²) in [6, 6.07) is 10.6. The minimum Gasteiger partial charge on any atom is -0.467 e. The number of amides is 3. The lowest BCUT2D eigenvalue weighted by molar-refractivity contribution is -0.157. The van der Waals surface area contributed by atoms with Gasteiger partial charge in [-0.1, -0.05) is 0 Å². The molecule has 4 N–H and O–H groups in total. The molecule has 0 spiro atoms. The van der Waals surface area contributed by atoms with Crippen molar-refractivity contribution in [3.05, 3.63) is 66.8 Å².